The summed E-state index contributed by atoms with van der Waals surface area (Å²) in [6.07, 6.45) is 3.07. The molecule has 0 aliphatic heterocycles. The zero-order valence-electron chi connectivity index (χ0n) is 12.1. The molecule has 0 heterocycles. The highest BCUT2D eigenvalue weighted by atomic mass is 79.9. The second kappa shape index (κ2) is 7.87. The van der Waals surface area contributed by atoms with Gasteiger partial charge >= 0.3 is 6.61 Å². The number of halogens is 3. The first-order valence-corrected chi connectivity index (χ1v) is 7.40. The number of allylic oxidation sites excluding steroid dienone is 1. The maximum absolute atomic E-state index is 12.3. The first kappa shape index (κ1) is 17.1. The smallest absolute Gasteiger partial charge is 0.387 e. The van der Waals surface area contributed by atoms with Gasteiger partial charge < -0.3 is 9.47 Å². The summed E-state index contributed by atoms with van der Waals surface area (Å²) in [4.78, 5) is 12.2. The van der Waals surface area contributed by atoms with Crippen LogP contribution in [0.25, 0.3) is 6.08 Å². The molecular formula is C17H13BrF2O3. The summed E-state index contributed by atoms with van der Waals surface area (Å²) in [6.45, 7) is -2.96. The number of carbonyl (C=O) groups is 1. The minimum Gasteiger partial charge on any atom is -0.493 e. The van der Waals surface area contributed by atoms with Crippen LogP contribution in [0.3, 0.4) is 0 Å². The third-order valence-corrected chi connectivity index (χ3v) is 3.71. The highest BCUT2D eigenvalue weighted by molar-refractivity contribution is 9.10. The molecule has 0 bridgehead atoms. The van der Waals surface area contributed by atoms with Crippen molar-refractivity contribution in [2.75, 3.05) is 7.11 Å². The summed E-state index contributed by atoms with van der Waals surface area (Å²) in [6, 6.07) is 11.5. The minimum atomic E-state index is -2.96. The van der Waals surface area contributed by atoms with Gasteiger partial charge in [0.25, 0.3) is 0 Å². The molecule has 0 aliphatic carbocycles. The zero-order chi connectivity index (χ0) is 16.8. The lowest BCUT2D eigenvalue weighted by Crippen LogP contribution is -2.04. The fourth-order valence-corrected chi connectivity index (χ4v) is 2.30. The maximum atomic E-state index is 12.3. The standard InChI is InChI=1S/C17H13BrF2O3/c1-22-16-10-12(7-9-15(16)23-17(19)20)14(21)8-6-11-4-2-3-5-13(11)18/h2-10,17H,1H3/b8-6+. The zero-order valence-corrected chi connectivity index (χ0v) is 13.7. The highest BCUT2D eigenvalue weighted by Crippen LogP contribution is 2.29. The van der Waals surface area contributed by atoms with Crippen molar-refractivity contribution in [2.24, 2.45) is 0 Å². The molecule has 0 aromatic heterocycles. The first-order valence-electron chi connectivity index (χ1n) is 6.61. The molecule has 2 aromatic carbocycles. The topological polar surface area (TPSA) is 35.5 Å². The molecule has 120 valence electrons. The van der Waals surface area contributed by atoms with E-state index < -0.39 is 6.61 Å². The molecule has 6 heteroatoms. The van der Waals surface area contributed by atoms with Crippen LogP contribution < -0.4 is 9.47 Å². The first-order chi connectivity index (χ1) is 11.0. The SMILES string of the molecule is COc1cc(C(=O)/C=C/c2ccccc2Br)ccc1OC(F)F. The minimum absolute atomic E-state index is 0.0745. The van der Waals surface area contributed by atoms with Gasteiger partial charge in [0.2, 0.25) is 0 Å². The maximum Gasteiger partial charge on any atom is 0.387 e. The predicted octanol–water partition coefficient (Wildman–Crippen LogP) is 4.96. The van der Waals surface area contributed by atoms with Gasteiger partial charge in [-0.05, 0) is 42.0 Å². The number of methoxy groups -OCH3 is 1. The van der Waals surface area contributed by atoms with Gasteiger partial charge in [-0.1, -0.05) is 34.1 Å². The van der Waals surface area contributed by atoms with Gasteiger partial charge in [-0.25, -0.2) is 0 Å². The molecule has 0 amide bonds. The van der Waals surface area contributed by atoms with Crippen LogP contribution in [0.15, 0.2) is 53.0 Å². The number of rotatable bonds is 6. The van der Waals surface area contributed by atoms with E-state index in [1.54, 1.807) is 6.08 Å². The summed E-state index contributed by atoms with van der Waals surface area (Å²) in [7, 11) is 1.32. The quantitative estimate of drug-likeness (QED) is 0.523. The Morgan fingerprint density at radius 3 is 2.57 bits per heavy atom. The van der Waals surface area contributed by atoms with Crippen LogP contribution in [0.5, 0.6) is 11.5 Å². The van der Waals surface area contributed by atoms with Crippen LogP contribution in [0.2, 0.25) is 0 Å². The Bertz CT molecular complexity index is 730. The second-order valence-electron chi connectivity index (χ2n) is 4.46. The Hall–Kier alpha value is -2.21. The van der Waals surface area contributed by atoms with E-state index >= 15 is 0 Å². The lowest BCUT2D eigenvalue weighted by molar-refractivity contribution is -0.0512. The van der Waals surface area contributed by atoms with E-state index in [0.717, 1.165) is 10.0 Å². The van der Waals surface area contributed by atoms with Crippen molar-refractivity contribution in [2.45, 2.75) is 6.61 Å². The van der Waals surface area contributed by atoms with Crippen LogP contribution in [-0.4, -0.2) is 19.5 Å². The molecule has 0 saturated heterocycles. The molecule has 3 nitrogen and oxygen atoms in total. The Kier molecular flexibility index (Phi) is 5.87. The van der Waals surface area contributed by atoms with Gasteiger partial charge in [0.05, 0.1) is 7.11 Å². The Labute approximate surface area is 140 Å². The van der Waals surface area contributed by atoms with E-state index in [4.69, 9.17) is 4.74 Å². The Morgan fingerprint density at radius 2 is 1.91 bits per heavy atom. The molecule has 0 aliphatic rings. The largest absolute Gasteiger partial charge is 0.493 e. The molecule has 0 fully saturated rings. The molecule has 0 N–H and O–H groups in total. The fourth-order valence-electron chi connectivity index (χ4n) is 1.89. The van der Waals surface area contributed by atoms with Gasteiger partial charge in [-0.3, -0.25) is 4.79 Å². The van der Waals surface area contributed by atoms with E-state index in [0.29, 0.717) is 5.56 Å². The van der Waals surface area contributed by atoms with E-state index in [9.17, 15) is 13.6 Å². The van der Waals surface area contributed by atoms with Gasteiger partial charge in [-0.15, -0.1) is 0 Å². The van der Waals surface area contributed by atoms with Crippen molar-refractivity contribution in [1.29, 1.82) is 0 Å². The van der Waals surface area contributed by atoms with Gasteiger partial charge in [-0.2, -0.15) is 8.78 Å². The number of hydrogen-bond donors (Lipinski definition) is 0. The third-order valence-electron chi connectivity index (χ3n) is 2.98. The van der Waals surface area contributed by atoms with Crippen molar-refractivity contribution in [1.82, 2.24) is 0 Å². The van der Waals surface area contributed by atoms with Crippen molar-refractivity contribution in [3.63, 3.8) is 0 Å². The van der Waals surface area contributed by atoms with E-state index in [2.05, 4.69) is 20.7 Å². The van der Waals surface area contributed by atoms with Crippen molar-refractivity contribution in [3.8, 4) is 11.5 Å². The highest BCUT2D eigenvalue weighted by Gasteiger charge is 2.13. The van der Waals surface area contributed by atoms with Crippen LogP contribution in [-0.2, 0) is 0 Å². The van der Waals surface area contributed by atoms with Crippen LogP contribution in [0.4, 0.5) is 8.78 Å². The number of carbonyl (C=O) groups excluding carboxylic acids is 1. The van der Waals surface area contributed by atoms with Crippen molar-refractivity contribution >= 4 is 27.8 Å². The fraction of sp³-hybridized carbons (Fsp3) is 0.118. The number of hydrogen-bond acceptors (Lipinski definition) is 3. The molecule has 23 heavy (non-hydrogen) atoms. The number of alkyl halides is 2. The summed E-state index contributed by atoms with van der Waals surface area (Å²) >= 11 is 3.39. The van der Waals surface area contributed by atoms with Crippen LogP contribution >= 0.6 is 15.9 Å². The van der Waals surface area contributed by atoms with Crippen molar-refractivity contribution in [3.05, 3.63) is 64.1 Å². The molecule has 0 spiro atoms. The molecular weight excluding hydrogens is 370 g/mol. The van der Waals surface area contributed by atoms with Gasteiger partial charge in [0.15, 0.2) is 17.3 Å². The summed E-state index contributed by atoms with van der Waals surface area (Å²) in [5.74, 6) is -0.318. The number of ether oxygens (including phenoxy) is 2. The molecule has 2 aromatic rings. The molecule has 0 radical (unpaired) electrons. The third kappa shape index (κ3) is 4.63. The predicted molar refractivity (Wildman–Crippen MR) is 87.1 cm³/mol. The van der Waals surface area contributed by atoms with Gasteiger partial charge in [0.1, 0.15) is 0 Å². The molecule has 0 unspecified atom stereocenters. The second-order valence-corrected chi connectivity index (χ2v) is 5.32. The molecule has 0 saturated carbocycles. The average molecular weight is 383 g/mol. The van der Waals surface area contributed by atoms with Gasteiger partial charge in [0, 0.05) is 10.0 Å². The lowest BCUT2D eigenvalue weighted by atomic mass is 10.1. The lowest BCUT2D eigenvalue weighted by Gasteiger charge is -2.10. The van der Waals surface area contributed by atoms with E-state index in [1.165, 1.54) is 31.4 Å². The van der Waals surface area contributed by atoms with E-state index in [1.807, 2.05) is 24.3 Å². The summed E-state index contributed by atoms with van der Waals surface area (Å²) < 4.78 is 34.7. The number of benzene rings is 2. The van der Waals surface area contributed by atoms with Crippen LogP contribution in [0, 0.1) is 0 Å². The summed E-state index contributed by atoms with van der Waals surface area (Å²) in [5.41, 5.74) is 1.16. The Morgan fingerprint density at radius 1 is 1.17 bits per heavy atom. The number of ketones is 1. The molecule has 2 rings (SSSR count). The van der Waals surface area contributed by atoms with Crippen molar-refractivity contribution < 1.29 is 23.0 Å². The Balaban J connectivity index is 2.21. The average Bonchev–Trinajstić information content (AvgIpc) is 2.53. The molecule has 0 atom stereocenters. The summed E-state index contributed by atoms with van der Waals surface area (Å²) in [5, 5.41) is 0. The van der Waals surface area contributed by atoms with Crippen LogP contribution in [0.1, 0.15) is 15.9 Å². The van der Waals surface area contributed by atoms with E-state index in [-0.39, 0.29) is 17.3 Å². The normalized spacial score (nSPS) is 11.0. The monoisotopic (exact) mass is 382 g/mol.